The van der Waals surface area contributed by atoms with Gasteiger partial charge in [-0.25, -0.2) is 4.79 Å². The number of rotatable bonds is 4. The van der Waals surface area contributed by atoms with Gasteiger partial charge in [-0.05, 0) is 19.1 Å². The van der Waals surface area contributed by atoms with Crippen molar-refractivity contribution in [1.29, 1.82) is 0 Å². The first-order valence-electron chi connectivity index (χ1n) is 7.18. The molecule has 0 bridgehead atoms. The third-order valence-electron chi connectivity index (χ3n) is 3.52. The SMILES string of the molecule is COC(=O)c1cc(C)sc1NC(=O)c1sc2cc([N+](=O)[O-])ccc2c1Cl. The number of nitrogens with zero attached hydrogens (tertiary/aromatic N) is 1. The van der Waals surface area contributed by atoms with Crippen molar-refractivity contribution in [2.24, 2.45) is 0 Å². The highest BCUT2D eigenvalue weighted by molar-refractivity contribution is 7.22. The Kier molecular flexibility index (Phi) is 4.94. The minimum Gasteiger partial charge on any atom is -0.465 e. The Balaban J connectivity index is 1.97. The molecule has 26 heavy (non-hydrogen) atoms. The van der Waals surface area contributed by atoms with E-state index < -0.39 is 16.8 Å². The molecule has 0 spiro atoms. The van der Waals surface area contributed by atoms with Crippen LogP contribution in [0.3, 0.4) is 0 Å². The highest BCUT2D eigenvalue weighted by Gasteiger charge is 2.22. The Morgan fingerprint density at radius 1 is 1.27 bits per heavy atom. The predicted molar refractivity (Wildman–Crippen MR) is 102 cm³/mol. The summed E-state index contributed by atoms with van der Waals surface area (Å²) < 4.78 is 5.25. The summed E-state index contributed by atoms with van der Waals surface area (Å²) in [4.78, 5) is 35.9. The van der Waals surface area contributed by atoms with E-state index in [1.165, 1.54) is 36.6 Å². The molecule has 134 valence electrons. The van der Waals surface area contributed by atoms with Gasteiger partial charge in [0, 0.05) is 27.1 Å². The van der Waals surface area contributed by atoms with Gasteiger partial charge >= 0.3 is 5.97 Å². The number of halogens is 1. The average molecular weight is 411 g/mol. The maximum absolute atomic E-state index is 12.6. The molecular weight excluding hydrogens is 400 g/mol. The van der Waals surface area contributed by atoms with E-state index in [4.69, 9.17) is 16.3 Å². The molecule has 7 nitrogen and oxygen atoms in total. The van der Waals surface area contributed by atoms with E-state index in [9.17, 15) is 19.7 Å². The molecular formula is C16H11ClN2O5S2. The Hall–Kier alpha value is -2.49. The van der Waals surface area contributed by atoms with E-state index in [2.05, 4.69) is 5.32 Å². The molecule has 2 aromatic heterocycles. The second kappa shape index (κ2) is 7.02. The van der Waals surface area contributed by atoms with Crippen LogP contribution in [0.25, 0.3) is 10.1 Å². The van der Waals surface area contributed by atoms with Gasteiger partial charge in [-0.2, -0.15) is 0 Å². The van der Waals surface area contributed by atoms with Gasteiger partial charge in [-0.3, -0.25) is 14.9 Å². The van der Waals surface area contributed by atoms with E-state index >= 15 is 0 Å². The maximum atomic E-state index is 12.6. The van der Waals surface area contributed by atoms with Crippen LogP contribution in [0.4, 0.5) is 10.7 Å². The van der Waals surface area contributed by atoms with E-state index in [-0.39, 0.29) is 21.2 Å². The van der Waals surface area contributed by atoms with E-state index in [1.54, 1.807) is 13.0 Å². The minimum atomic E-state index is -0.553. The van der Waals surface area contributed by atoms with Gasteiger partial charge in [0.25, 0.3) is 11.6 Å². The monoisotopic (exact) mass is 410 g/mol. The third-order valence-corrected chi connectivity index (χ3v) is 6.14. The van der Waals surface area contributed by atoms with Crippen molar-refractivity contribution in [3.05, 3.63) is 54.7 Å². The number of anilines is 1. The number of fused-ring (bicyclic) bond motifs is 1. The van der Waals surface area contributed by atoms with Gasteiger partial charge in [-0.15, -0.1) is 22.7 Å². The summed E-state index contributed by atoms with van der Waals surface area (Å²) in [5.74, 6) is -1.05. The molecule has 0 radical (unpaired) electrons. The van der Waals surface area contributed by atoms with Crippen LogP contribution in [0.1, 0.15) is 24.9 Å². The molecule has 10 heteroatoms. The molecule has 0 saturated carbocycles. The number of methoxy groups -OCH3 is 1. The lowest BCUT2D eigenvalue weighted by Crippen LogP contribution is -2.12. The van der Waals surface area contributed by atoms with Gasteiger partial charge in [0.15, 0.2) is 0 Å². The van der Waals surface area contributed by atoms with Crippen LogP contribution in [0.2, 0.25) is 5.02 Å². The van der Waals surface area contributed by atoms with Crippen LogP contribution in [0, 0.1) is 17.0 Å². The Morgan fingerprint density at radius 3 is 2.65 bits per heavy atom. The Morgan fingerprint density at radius 2 is 2.00 bits per heavy atom. The molecule has 0 fully saturated rings. The molecule has 3 rings (SSSR count). The van der Waals surface area contributed by atoms with Gasteiger partial charge in [0.1, 0.15) is 9.88 Å². The standard InChI is InChI=1S/C16H11ClN2O5S2/c1-7-5-10(16(21)24-2)15(25-7)18-14(20)13-12(17)9-4-3-8(19(22)23)6-11(9)26-13/h3-6H,1-2H3,(H,18,20). The van der Waals surface area contributed by atoms with Crippen LogP contribution in [-0.2, 0) is 4.74 Å². The second-order valence-electron chi connectivity index (χ2n) is 5.23. The number of nitro benzene ring substituents is 1. The van der Waals surface area contributed by atoms with Crippen molar-refractivity contribution in [2.75, 3.05) is 12.4 Å². The van der Waals surface area contributed by atoms with E-state index in [0.29, 0.717) is 15.1 Å². The number of non-ortho nitro benzene ring substituents is 1. The highest BCUT2D eigenvalue weighted by atomic mass is 35.5. The van der Waals surface area contributed by atoms with E-state index in [0.717, 1.165) is 16.2 Å². The molecule has 0 aliphatic carbocycles. The number of thiophene rings is 2. The quantitative estimate of drug-likeness (QED) is 0.375. The van der Waals surface area contributed by atoms with Crippen LogP contribution in [-0.4, -0.2) is 23.9 Å². The lowest BCUT2D eigenvalue weighted by molar-refractivity contribution is -0.384. The number of benzene rings is 1. The number of aryl methyl sites for hydroxylation is 1. The largest absolute Gasteiger partial charge is 0.465 e. The van der Waals surface area contributed by atoms with Crippen molar-refractivity contribution >= 4 is 66.9 Å². The van der Waals surface area contributed by atoms with Gasteiger partial charge in [0.2, 0.25) is 0 Å². The molecule has 1 aromatic carbocycles. The zero-order chi connectivity index (χ0) is 19.0. The third kappa shape index (κ3) is 3.28. The first-order chi connectivity index (χ1) is 12.3. The highest BCUT2D eigenvalue weighted by Crippen LogP contribution is 2.38. The number of hydrogen-bond acceptors (Lipinski definition) is 7. The molecule has 1 N–H and O–H groups in total. The number of amides is 1. The van der Waals surface area contributed by atoms with Crippen LogP contribution >= 0.6 is 34.3 Å². The van der Waals surface area contributed by atoms with Gasteiger partial charge < -0.3 is 10.1 Å². The van der Waals surface area contributed by atoms with Crippen molar-refractivity contribution in [1.82, 2.24) is 0 Å². The molecule has 0 unspecified atom stereocenters. The summed E-state index contributed by atoms with van der Waals surface area (Å²) in [6.45, 7) is 1.80. The normalized spacial score (nSPS) is 10.7. The summed E-state index contributed by atoms with van der Waals surface area (Å²) in [5, 5.41) is 14.7. The molecule has 0 saturated heterocycles. The van der Waals surface area contributed by atoms with Crippen molar-refractivity contribution in [3.63, 3.8) is 0 Å². The fourth-order valence-electron chi connectivity index (χ4n) is 2.34. The predicted octanol–water partition coefficient (Wildman–Crippen LogP) is 4.87. The summed E-state index contributed by atoms with van der Waals surface area (Å²) in [5.41, 5.74) is 0.181. The zero-order valence-electron chi connectivity index (χ0n) is 13.5. The lowest BCUT2D eigenvalue weighted by atomic mass is 10.2. The van der Waals surface area contributed by atoms with Crippen molar-refractivity contribution in [2.45, 2.75) is 6.92 Å². The molecule has 2 heterocycles. The fourth-order valence-corrected chi connectivity index (χ4v) is 4.68. The number of carbonyl (C=O) groups excluding carboxylic acids is 2. The Labute approximate surface area is 160 Å². The Bertz CT molecular complexity index is 1060. The molecule has 3 aromatic rings. The topological polar surface area (TPSA) is 98.5 Å². The number of hydrogen-bond donors (Lipinski definition) is 1. The van der Waals surface area contributed by atoms with Crippen LogP contribution in [0.5, 0.6) is 0 Å². The van der Waals surface area contributed by atoms with Crippen molar-refractivity contribution < 1.29 is 19.2 Å². The van der Waals surface area contributed by atoms with Gasteiger partial charge in [0.05, 0.1) is 22.6 Å². The average Bonchev–Trinajstić information content (AvgIpc) is 3.13. The molecule has 0 atom stereocenters. The number of ether oxygens (including phenoxy) is 1. The summed E-state index contributed by atoms with van der Waals surface area (Å²) in [7, 11) is 1.26. The van der Waals surface area contributed by atoms with Crippen LogP contribution in [0.15, 0.2) is 24.3 Å². The zero-order valence-corrected chi connectivity index (χ0v) is 15.9. The first kappa shape index (κ1) is 18.3. The second-order valence-corrected chi connectivity index (χ2v) is 7.91. The minimum absolute atomic E-state index is 0.0794. The summed E-state index contributed by atoms with van der Waals surface area (Å²) >= 11 is 8.57. The smallest absolute Gasteiger partial charge is 0.340 e. The number of nitro groups is 1. The molecule has 1 amide bonds. The first-order valence-corrected chi connectivity index (χ1v) is 9.19. The number of esters is 1. The van der Waals surface area contributed by atoms with E-state index in [1.807, 2.05) is 0 Å². The molecule has 0 aliphatic heterocycles. The fraction of sp³-hybridized carbons (Fsp3) is 0.125. The van der Waals surface area contributed by atoms with Crippen LogP contribution < -0.4 is 5.32 Å². The number of carbonyl (C=O) groups is 2. The summed E-state index contributed by atoms with van der Waals surface area (Å²) in [6, 6.07) is 5.85. The van der Waals surface area contributed by atoms with Gasteiger partial charge in [-0.1, -0.05) is 11.6 Å². The summed E-state index contributed by atoms with van der Waals surface area (Å²) in [6.07, 6.45) is 0. The molecule has 0 aliphatic rings. The lowest BCUT2D eigenvalue weighted by Gasteiger charge is -2.04. The van der Waals surface area contributed by atoms with Crippen molar-refractivity contribution in [3.8, 4) is 0 Å². The maximum Gasteiger partial charge on any atom is 0.340 e. The number of nitrogens with one attached hydrogen (secondary N) is 1.